The van der Waals surface area contributed by atoms with E-state index in [0.29, 0.717) is 6.04 Å². The van der Waals surface area contributed by atoms with Crippen molar-refractivity contribution in [3.8, 4) is 0 Å². The summed E-state index contributed by atoms with van der Waals surface area (Å²) in [6, 6.07) is 8.55. The Morgan fingerprint density at radius 1 is 1.38 bits per heavy atom. The van der Waals surface area contributed by atoms with Crippen LogP contribution < -0.4 is 5.32 Å². The molecule has 1 N–H and O–H groups in total. The average Bonchev–Trinajstić information content (AvgIpc) is 2.18. The molecule has 1 aliphatic heterocycles. The molecular weight excluding hydrogens is 222 g/mol. The van der Waals surface area contributed by atoms with Gasteiger partial charge in [0.2, 0.25) is 0 Å². The van der Waals surface area contributed by atoms with Gasteiger partial charge in [0.25, 0.3) is 0 Å². The smallest absolute Gasteiger partial charge is 0.0598 e. The largest absolute Gasteiger partial charge is 0.379 e. The van der Waals surface area contributed by atoms with Crippen LogP contribution in [0.5, 0.6) is 0 Å². The van der Waals surface area contributed by atoms with Crippen molar-refractivity contribution >= 4 is 11.6 Å². The number of benzene rings is 1. The monoisotopic (exact) mass is 239 g/mol. The molecular formula is C13H18ClNO. The molecule has 1 aromatic carbocycles. The van der Waals surface area contributed by atoms with Gasteiger partial charge < -0.3 is 10.1 Å². The van der Waals surface area contributed by atoms with Crippen molar-refractivity contribution in [1.29, 1.82) is 0 Å². The fourth-order valence-electron chi connectivity index (χ4n) is 1.99. The fourth-order valence-corrected chi connectivity index (χ4v) is 2.33. The standard InChI is InChI=1S/C13H18ClNO/c1-10(2)15-7-13(8-16-9-13)11-5-3-4-6-12(11)14/h3-6,10,15H,7-9H2,1-2H3. The summed E-state index contributed by atoms with van der Waals surface area (Å²) in [5, 5.41) is 4.32. The maximum atomic E-state index is 6.25. The number of rotatable bonds is 4. The van der Waals surface area contributed by atoms with Crippen LogP contribution in [-0.4, -0.2) is 25.8 Å². The number of halogens is 1. The highest BCUT2D eigenvalue weighted by Crippen LogP contribution is 2.36. The minimum absolute atomic E-state index is 0.0720. The molecule has 1 aliphatic rings. The second-order valence-corrected chi connectivity index (χ2v) is 5.20. The summed E-state index contributed by atoms with van der Waals surface area (Å²) in [4.78, 5) is 0. The van der Waals surface area contributed by atoms with Crippen LogP contribution in [0.1, 0.15) is 19.4 Å². The minimum atomic E-state index is 0.0720. The van der Waals surface area contributed by atoms with E-state index < -0.39 is 0 Å². The minimum Gasteiger partial charge on any atom is -0.379 e. The first-order chi connectivity index (χ1) is 7.64. The summed E-state index contributed by atoms with van der Waals surface area (Å²) in [6.45, 7) is 6.75. The topological polar surface area (TPSA) is 21.3 Å². The second-order valence-electron chi connectivity index (χ2n) is 4.79. The van der Waals surface area contributed by atoms with Gasteiger partial charge in [-0.05, 0) is 11.6 Å². The van der Waals surface area contributed by atoms with Gasteiger partial charge in [0.1, 0.15) is 0 Å². The van der Waals surface area contributed by atoms with E-state index in [0.717, 1.165) is 24.8 Å². The molecule has 1 heterocycles. The fraction of sp³-hybridized carbons (Fsp3) is 0.538. The highest BCUT2D eigenvalue weighted by Gasteiger charge is 2.41. The molecule has 88 valence electrons. The van der Waals surface area contributed by atoms with E-state index in [9.17, 15) is 0 Å². The molecule has 0 amide bonds. The van der Waals surface area contributed by atoms with E-state index in [1.807, 2.05) is 18.2 Å². The highest BCUT2D eigenvalue weighted by atomic mass is 35.5. The van der Waals surface area contributed by atoms with Gasteiger partial charge in [-0.15, -0.1) is 0 Å². The molecule has 0 saturated carbocycles. The van der Waals surface area contributed by atoms with Crippen molar-refractivity contribution in [2.75, 3.05) is 19.8 Å². The van der Waals surface area contributed by atoms with Crippen molar-refractivity contribution in [2.24, 2.45) is 0 Å². The molecule has 0 atom stereocenters. The normalized spacial score (nSPS) is 18.5. The zero-order valence-electron chi connectivity index (χ0n) is 9.79. The Bertz CT molecular complexity index is 361. The second kappa shape index (κ2) is 4.74. The van der Waals surface area contributed by atoms with Crippen LogP contribution in [0.15, 0.2) is 24.3 Å². The van der Waals surface area contributed by atoms with Crippen molar-refractivity contribution < 1.29 is 4.74 Å². The van der Waals surface area contributed by atoms with Crippen LogP contribution in [0.25, 0.3) is 0 Å². The Balaban J connectivity index is 2.18. The van der Waals surface area contributed by atoms with Crippen LogP contribution in [0, 0.1) is 0 Å². The molecule has 0 aromatic heterocycles. The van der Waals surface area contributed by atoms with E-state index in [1.165, 1.54) is 5.56 Å². The summed E-state index contributed by atoms with van der Waals surface area (Å²) in [6.07, 6.45) is 0. The SMILES string of the molecule is CC(C)NCC1(c2ccccc2Cl)COC1. The first-order valence-corrected chi connectivity index (χ1v) is 6.08. The molecule has 0 radical (unpaired) electrons. The number of ether oxygens (including phenoxy) is 1. The molecule has 1 aromatic rings. The molecule has 2 nitrogen and oxygen atoms in total. The van der Waals surface area contributed by atoms with Gasteiger partial charge in [0.15, 0.2) is 0 Å². The lowest BCUT2D eigenvalue weighted by Crippen LogP contribution is -2.54. The molecule has 0 aliphatic carbocycles. The third kappa shape index (κ3) is 2.24. The number of hydrogen-bond donors (Lipinski definition) is 1. The van der Waals surface area contributed by atoms with E-state index in [4.69, 9.17) is 16.3 Å². The van der Waals surface area contributed by atoms with Crippen molar-refractivity contribution in [3.05, 3.63) is 34.9 Å². The quantitative estimate of drug-likeness (QED) is 0.872. The number of nitrogens with one attached hydrogen (secondary N) is 1. The van der Waals surface area contributed by atoms with Gasteiger partial charge in [0.05, 0.1) is 18.6 Å². The van der Waals surface area contributed by atoms with E-state index in [1.54, 1.807) is 0 Å². The Kier molecular flexibility index (Phi) is 3.53. The zero-order valence-corrected chi connectivity index (χ0v) is 10.6. The lowest BCUT2D eigenvalue weighted by atomic mass is 9.78. The van der Waals surface area contributed by atoms with Crippen LogP contribution >= 0.6 is 11.6 Å². The predicted molar refractivity (Wildman–Crippen MR) is 67.1 cm³/mol. The van der Waals surface area contributed by atoms with Crippen molar-refractivity contribution in [2.45, 2.75) is 25.3 Å². The maximum absolute atomic E-state index is 6.25. The van der Waals surface area contributed by atoms with Gasteiger partial charge in [-0.2, -0.15) is 0 Å². The zero-order chi connectivity index (χ0) is 11.6. The van der Waals surface area contributed by atoms with Gasteiger partial charge in [0, 0.05) is 17.6 Å². The summed E-state index contributed by atoms with van der Waals surface area (Å²) in [5.74, 6) is 0. The maximum Gasteiger partial charge on any atom is 0.0598 e. The summed E-state index contributed by atoms with van der Waals surface area (Å²) < 4.78 is 5.38. The predicted octanol–water partition coefficient (Wildman–Crippen LogP) is 2.61. The van der Waals surface area contributed by atoms with E-state index in [2.05, 4.69) is 25.2 Å². The highest BCUT2D eigenvalue weighted by molar-refractivity contribution is 6.31. The molecule has 2 rings (SSSR count). The molecule has 1 saturated heterocycles. The average molecular weight is 240 g/mol. The molecule has 0 spiro atoms. The first-order valence-electron chi connectivity index (χ1n) is 5.70. The molecule has 16 heavy (non-hydrogen) atoms. The van der Waals surface area contributed by atoms with Gasteiger partial charge in [-0.1, -0.05) is 43.6 Å². The van der Waals surface area contributed by atoms with E-state index in [-0.39, 0.29) is 5.41 Å². The Labute approximate surface area is 102 Å². The molecule has 1 fully saturated rings. The van der Waals surface area contributed by atoms with Crippen LogP contribution in [0.3, 0.4) is 0 Å². The van der Waals surface area contributed by atoms with Gasteiger partial charge >= 0.3 is 0 Å². The lowest BCUT2D eigenvalue weighted by molar-refractivity contribution is -0.0596. The third-order valence-corrected chi connectivity index (χ3v) is 3.38. The van der Waals surface area contributed by atoms with Crippen LogP contribution in [-0.2, 0) is 10.2 Å². The van der Waals surface area contributed by atoms with Gasteiger partial charge in [-0.25, -0.2) is 0 Å². The van der Waals surface area contributed by atoms with Crippen molar-refractivity contribution in [3.63, 3.8) is 0 Å². The van der Waals surface area contributed by atoms with Crippen molar-refractivity contribution in [1.82, 2.24) is 5.32 Å². The summed E-state index contributed by atoms with van der Waals surface area (Å²) in [7, 11) is 0. The first kappa shape index (κ1) is 11.9. The molecule has 0 unspecified atom stereocenters. The van der Waals surface area contributed by atoms with Gasteiger partial charge in [-0.3, -0.25) is 0 Å². The molecule has 3 heteroatoms. The number of hydrogen-bond acceptors (Lipinski definition) is 2. The van der Waals surface area contributed by atoms with E-state index >= 15 is 0 Å². The summed E-state index contributed by atoms with van der Waals surface area (Å²) in [5.41, 5.74) is 1.28. The lowest BCUT2D eigenvalue weighted by Gasteiger charge is -2.43. The van der Waals surface area contributed by atoms with Crippen LogP contribution in [0.2, 0.25) is 5.02 Å². The van der Waals surface area contributed by atoms with Crippen LogP contribution in [0.4, 0.5) is 0 Å². The Morgan fingerprint density at radius 3 is 2.56 bits per heavy atom. The summed E-state index contributed by atoms with van der Waals surface area (Å²) >= 11 is 6.25. The Morgan fingerprint density at radius 2 is 2.06 bits per heavy atom. The molecule has 0 bridgehead atoms. The third-order valence-electron chi connectivity index (χ3n) is 3.05. The Hall–Kier alpha value is -0.570.